The third-order valence-electron chi connectivity index (χ3n) is 5.13. The molecule has 1 N–H and O–H groups in total. The molecule has 0 fully saturated rings. The highest BCUT2D eigenvalue weighted by Crippen LogP contribution is 2.32. The fraction of sp³-hybridized carbons (Fsp3) is 0.636. The van der Waals surface area contributed by atoms with Crippen LogP contribution in [-0.4, -0.2) is 16.9 Å². The van der Waals surface area contributed by atoms with Crippen molar-refractivity contribution in [3.8, 4) is 0 Å². The normalized spacial score (nSPS) is 12.9. The smallest absolute Gasteiger partial charge is 0.309 e. The van der Waals surface area contributed by atoms with Crippen LogP contribution in [0.15, 0.2) is 12.1 Å². The summed E-state index contributed by atoms with van der Waals surface area (Å²) in [6.45, 7) is 12.1. The highest BCUT2D eigenvalue weighted by Gasteiger charge is 2.32. The number of carbonyl (C=O) groups excluding carboxylic acids is 1. The second kappa shape index (κ2) is 12.0. The van der Waals surface area contributed by atoms with Crippen molar-refractivity contribution in [3.05, 3.63) is 34.4 Å². The van der Waals surface area contributed by atoms with E-state index >= 15 is 0 Å². The van der Waals surface area contributed by atoms with E-state index in [-0.39, 0.29) is 5.78 Å². The molecule has 1 rings (SSSR count). The van der Waals surface area contributed by atoms with Crippen LogP contribution in [0.4, 0.5) is 0 Å². The van der Waals surface area contributed by atoms with Crippen molar-refractivity contribution >= 4 is 20.9 Å². The molecule has 0 radical (unpaired) electrons. The van der Waals surface area contributed by atoms with Gasteiger partial charge in [0, 0.05) is 12.0 Å². The van der Waals surface area contributed by atoms with Crippen LogP contribution in [0.25, 0.3) is 0 Å². The standard InChI is InChI=1S/C22H34O3.HOP/c1-15(2)10-12-22(6,21(24)25)11-8-7-9-19(23)20-17(4)13-16(3)14-18(20)5;1-2/h13-15H,7-12H2,1-6H3,(H,24,25);2H. The van der Waals surface area contributed by atoms with Crippen molar-refractivity contribution in [3.63, 3.8) is 0 Å². The van der Waals surface area contributed by atoms with Gasteiger partial charge in [0.25, 0.3) is 0 Å². The molecule has 5 heteroatoms. The number of hydrogen-bond donors (Lipinski definition) is 1. The maximum Gasteiger partial charge on any atom is 0.309 e. The predicted octanol–water partition coefficient (Wildman–Crippen LogP) is 6.36. The summed E-state index contributed by atoms with van der Waals surface area (Å²) in [5.41, 5.74) is 3.41. The first-order chi connectivity index (χ1) is 12.6. The Morgan fingerprint density at radius 1 is 1.04 bits per heavy atom. The Balaban J connectivity index is 0.00000326. The number of aryl methyl sites for hydroxylation is 3. The molecule has 1 aromatic carbocycles. The minimum absolute atomic E-state index is 0.175. The first-order valence-electron chi connectivity index (χ1n) is 9.61. The fourth-order valence-electron chi connectivity index (χ4n) is 3.49. The molecule has 0 aliphatic heterocycles. The molecule has 0 bridgehead atoms. The summed E-state index contributed by atoms with van der Waals surface area (Å²) in [6.07, 6.45) is 4.26. The zero-order valence-electron chi connectivity index (χ0n) is 17.6. The summed E-state index contributed by atoms with van der Waals surface area (Å²) in [7, 11) is 1.72. The number of rotatable bonds is 10. The molecule has 152 valence electrons. The van der Waals surface area contributed by atoms with Crippen molar-refractivity contribution in [2.45, 2.75) is 80.1 Å². The maximum absolute atomic E-state index is 12.6. The van der Waals surface area contributed by atoms with Gasteiger partial charge in [-0.1, -0.05) is 38.0 Å². The Morgan fingerprint density at radius 3 is 2.00 bits per heavy atom. The van der Waals surface area contributed by atoms with Gasteiger partial charge in [-0.15, -0.1) is 0 Å². The van der Waals surface area contributed by atoms with E-state index < -0.39 is 11.4 Å². The van der Waals surface area contributed by atoms with Gasteiger partial charge in [-0.25, -0.2) is 0 Å². The number of carbonyl (C=O) groups is 2. The van der Waals surface area contributed by atoms with Crippen LogP contribution in [0.1, 0.15) is 86.3 Å². The summed E-state index contributed by atoms with van der Waals surface area (Å²) in [5.74, 6) is -0.0355. The molecule has 0 aromatic heterocycles. The highest BCUT2D eigenvalue weighted by molar-refractivity contribution is 7.00. The lowest BCUT2D eigenvalue weighted by atomic mass is 9.79. The summed E-state index contributed by atoms with van der Waals surface area (Å²) in [5, 5.41) is 9.56. The van der Waals surface area contributed by atoms with Gasteiger partial charge in [0.15, 0.2) is 5.78 Å². The van der Waals surface area contributed by atoms with Gasteiger partial charge < -0.3 is 5.11 Å². The summed E-state index contributed by atoms with van der Waals surface area (Å²) < 4.78 is 8.06. The van der Waals surface area contributed by atoms with E-state index in [2.05, 4.69) is 13.8 Å². The third-order valence-corrected chi connectivity index (χ3v) is 5.13. The Bertz CT molecular complexity index is 616. The van der Waals surface area contributed by atoms with Gasteiger partial charge in [0.2, 0.25) is 0 Å². The predicted molar refractivity (Wildman–Crippen MR) is 112 cm³/mol. The van der Waals surface area contributed by atoms with Crippen molar-refractivity contribution < 1.29 is 19.3 Å². The number of unbranched alkanes of at least 4 members (excludes halogenated alkanes) is 1. The van der Waals surface area contributed by atoms with Crippen LogP contribution < -0.4 is 0 Å². The zero-order chi connectivity index (χ0) is 21.2. The maximum atomic E-state index is 12.6. The van der Waals surface area contributed by atoms with E-state index in [4.69, 9.17) is 4.57 Å². The van der Waals surface area contributed by atoms with Crippen molar-refractivity contribution in [1.82, 2.24) is 0 Å². The van der Waals surface area contributed by atoms with Gasteiger partial charge in [-0.2, -0.15) is 0 Å². The minimum atomic E-state index is -0.718. The summed E-state index contributed by atoms with van der Waals surface area (Å²) >= 11 is 0. The fourth-order valence-corrected chi connectivity index (χ4v) is 3.49. The van der Waals surface area contributed by atoms with E-state index in [1.54, 1.807) is 9.12 Å². The molecule has 0 amide bonds. The quantitative estimate of drug-likeness (QED) is 0.285. The third kappa shape index (κ3) is 8.34. The van der Waals surface area contributed by atoms with Crippen molar-refractivity contribution in [2.75, 3.05) is 0 Å². The molecule has 0 heterocycles. The van der Waals surface area contributed by atoms with E-state index in [9.17, 15) is 14.7 Å². The van der Waals surface area contributed by atoms with Gasteiger partial charge in [-0.05, 0) is 70.4 Å². The number of Topliss-reactive ketones (excluding diaryl/α,β-unsaturated/α-hetero) is 1. The molecule has 0 aliphatic carbocycles. The van der Waals surface area contributed by atoms with Crippen LogP contribution in [-0.2, 0) is 9.36 Å². The second-order valence-corrected chi connectivity index (χ2v) is 8.20. The number of aliphatic carboxylic acids is 1. The van der Waals surface area contributed by atoms with Crippen LogP contribution in [0.3, 0.4) is 0 Å². The van der Waals surface area contributed by atoms with Gasteiger partial charge in [0.1, 0.15) is 9.12 Å². The Hall–Kier alpha value is -1.54. The average Bonchev–Trinajstić information content (AvgIpc) is 2.57. The first kappa shape index (κ1) is 25.5. The van der Waals surface area contributed by atoms with Crippen molar-refractivity contribution in [1.29, 1.82) is 0 Å². The van der Waals surface area contributed by atoms with Crippen LogP contribution >= 0.6 is 9.12 Å². The van der Waals surface area contributed by atoms with E-state index in [0.29, 0.717) is 25.2 Å². The first-order valence-corrected chi connectivity index (χ1v) is 10.0. The Kier molecular flexibility index (Phi) is 11.3. The molecule has 27 heavy (non-hydrogen) atoms. The van der Waals surface area contributed by atoms with E-state index in [1.807, 2.05) is 39.8 Å². The molecule has 1 atom stereocenters. The highest BCUT2D eigenvalue weighted by atomic mass is 31.0. The number of hydrogen-bond acceptors (Lipinski definition) is 3. The lowest BCUT2D eigenvalue weighted by Crippen LogP contribution is -2.28. The Labute approximate surface area is 166 Å². The number of carboxylic acid groups (broad SMARTS) is 1. The van der Waals surface area contributed by atoms with E-state index in [0.717, 1.165) is 36.0 Å². The molecular weight excluding hydrogens is 359 g/mol. The molecule has 0 aliphatic rings. The molecule has 0 spiro atoms. The second-order valence-electron chi connectivity index (χ2n) is 8.20. The zero-order valence-corrected chi connectivity index (χ0v) is 18.6. The molecule has 0 saturated carbocycles. The molecule has 0 saturated heterocycles. The lowest BCUT2D eigenvalue weighted by Gasteiger charge is -2.25. The van der Waals surface area contributed by atoms with Crippen LogP contribution in [0.5, 0.6) is 0 Å². The number of ketones is 1. The molecule has 1 unspecified atom stereocenters. The Morgan fingerprint density at radius 2 is 1.56 bits per heavy atom. The van der Waals surface area contributed by atoms with Gasteiger partial charge >= 0.3 is 5.97 Å². The lowest BCUT2D eigenvalue weighted by molar-refractivity contribution is -0.149. The molecule has 1 aromatic rings. The monoisotopic (exact) mass is 394 g/mol. The van der Waals surface area contributed by atoms with Gasteiger partial charge in [-0.3, -0.25) is 14.2 Å². The van der Waals surface area contributed by atoms with Crippen LogP contribution in [0, 0.1) is 32.1 Å². The summed E-state index contributed by atoms with van der Waals surface area (Å²) in [4.78, 5) is 24.2. The largest absolute Gasteiger partial charge is 0.481 e. The van der Waals surface area contributed by atoms with Crippen LogP contribution in [0.2, 0.25) is 0 Å². The number of benzene rings is 1. The number of carboxylic acids is 1. The minimum Gasteiger partial charge on any atom is -0.481 e. The van der Waals surface area contributed by atoms with Gasteiger partial charge in [0.05, 0.1) is 5.41 Å². The SMILES string of the molecule is Cc1cc(C)c(C(=O)CCCCC(C)(CCC(C)C)C(=O)O)c(C)c1.O=P. The average molecular weight is 394 g/mol. The summed E-state index contributed by atoms with van der Waals surface area (Å²) in [6, 6.07) is 4.10. The molecule has 4 nitrogen and oxygen atoms in total. The molecular formula is C22H35O4P. The van der Waals surface area contributed by atoms with E-state index in [1.165, 1.54) is 5.56 Å². The topological polar surface area (TPSA) is 71.4 Å². The van der Waals surface area contributed by atoms with Crippen molar-refractivity contribution in [2.24, 2.45) is 11.3 Å².